The van der Waals surface area contributed by atoms with Crippen molar-refractivity contribution < 1.29 is 19.4 Å². The van der Waals surface area contributed by atoms with Gasteiger partial charge in [0, 0.05) is 5.56 Å². The molecule has 2 N–H and O–H groups in total. The fraction of sp³-hybridized carbons (Fsp3) is 0.529. The molecule has 0 spiro atoms. The van der Waals surface area contributed by atoms with Gasteiger partial charge in [0.25, 0.3) is 5.91 Å². The van der Waals surface area contributed by atoms with Crippen molar-refractivity contribution in [2.24, 2.45) is 5.92 Å². The number of benzene rings is 1. The molecule has 0 radical (unpaired) electrons. The number of hydrogen-bond acceptors (Lipinski definition) is 3. The van der Waals surface area contributed by atoms with Gasteiger partial charge in [-0.05, 0) is 43.0 Å². The number of nitrogens with one attached hydrogen (secondary N) is 1. The van der Waals surface area contributed by atoms with Gasteiger partial charge in [-0.3, -0.25) is 4.79 Å². The van der Waals surface area contributed by atoms with Crippen molar-refractivity contribution in [2.75, 3.05) is 6.61 Å². The number of carboxylic acid groups (broad SMARTS) is 1. The summed E-state index contributed by atoms with van der Waals surface area (Å²) in [6.45, 7) is 6.58. The summed E-state index contributed by atoms with van der Waals surface area (Å²) in [5, 5.41) is 11.7. The molecule has 5 heteroatoms. The van der Waals surface area contributed by atoms with Gasteiger partial charge in [-0.15, -0.1) is 0 Å². The highest BCUT2D eigenvalue weighted by molar-refractivity contribution is 5.96. The summed E-state index contributed by atoms with van der Waals surface area (Å²) < 4.78 is 5.53. The first-order chi connectivity index (χ1) is 10.4. The molecule has 0 unspecified atom stereocenters. The first kappa shape index (κ1) is 18.0. The molecule has 1 amide bonds. The third kappa shape index (κ3) is 6.16. The lowest BCUT2D eigenvalue weighted by Crippen LogP contribution is -2.41. The van der Waals surface area contributed by atoms with E-state index in [2.05, 4.69) is 12.2 Å². The average molecular weight is 307 g/mol. The van der Waals surface area contributed by atoms with Crippen molar-refractivity contribution in [1.29, 1.82) is 0 Å². The molecule has 122 valence electrons. The third-order valence-corrected chi connectivity index (χ3v) is 3.19. The Morgan fingerprint density at radius 3 is 2.36 bits per heavy atom. The van der Waals surface area contributed by atoms with Gasteiger partial charge in [-0.1, -0.05) is 27.2 Å². The zero-order chi connectivity index (χ0) is 16.5. The molecule has 1 atom stereocenters. The van der Waals surface area contributed by atoms with Gasteiger partial charge >= 0.3 is 5.97 Å². The zero-order valence-electron chi connectivity index (χ0n) is 13.5. The molecule has 0 aliphatic carbocycles. The van der Waals surface area contributed by atoms with Gasteiger partial charge in [0.2, 0.25) is 0 Å². The van der Waals surface area contributed by atoms with E-state index in [-0.39, 0.29) is 11.8 Å². The van der Waals surface area contributed by atoms with E-state index < -0.39 is 12.0 Å². The summed E-state index contributed by atoms with van der Waals surface area (Å²) in [6.07, 6.45) is 2.45. The maximum Gasteiger partial charge on any atom is 0.326 e. The van der Waals surface area contributed by atoms with Gasteiger partial charge in [0.15, 0.2) is 0 Å². The van der Waals surface area contributed by atoms with Crippen LogP contribution in [0.1, 0.15) is 50.4 Å². The first-order valence-electron chi connectivity index (χ1n) is 7.70. The minimum atomic E-state index is -1.01. The fourth-order valence-electron chi connectivity index (χ4n) is 1.97. The van der Waals surface area contributed by atoms with Crippen LogP contribution in [0.5, 0.6) is 5.75 Å². The van der Waals surface area contributed by atoms with Crippen LogP contribution in [0.3, 0.4) is 0 Å². The van der Waals surface area contributed by atoms with Gasteiger partial charge in [0.05, 0.1) is 6.61 Å². The molecule has 22 heavy (non-hydrogen) atoms. The number of hydrogen-bond donors (Lipinski definition) is 2. The van der Waals surface area contributed by atoms with E-state index >= 15 is 0 Å². The maximum absolute atomic E-state index is 12.1. The smallest absolute Gasteiger partial charge is 0.326 e. The van der Waals surface area contributed by atoms with Gasteiger partial charge in [0.1, 0.15) is 11.8 Å². The fourth-order valence-corrected chi connectivity index (χ4v) is 1.97. The minimum Gasteiger partial charge on any atom is -0.494 e. The lowest BCUT2D eigenvalue weighted by Gasteiger charge is -2.16. The summed E-state index contributed by atoms with van der Waals surface area (Å²) >= 11 is 0. The monoisotopic (exact) mass is 307 g/mol. The highest BCUT2D eigenvalue weighted by Crippen LogP contribution is 2.13. The number of ether oxygens (including phenoxy) is 1. The largest absolute Gasteiger partial charge is 0.494 e. The normalized spacial score (nSPS) is 12.0. The Morgan fingerprint density at radius 1 is 1.23 bits per heavy atom. The second kappa shape index (κ2) is 9.07. The summed E-state index contributed by atoms with van der Waals surface area (Å²) in [4.78, 5) is 23.3. The lowest BCUT2D eigenvalue weighted by atomic mass is 10.0. The molecule has 1 aromatic rings. The van der Waals surface area contributed by atoms with E-state index in [1.807, 2.05) is 13.8 Å². The third-order valence-electron chi connectivity index (χ3n) is 3.19. The average Bonchev–Trinajstić information content (AvgIpc) is 2.47. The molecule has 5 nitrogen and oxygen atoms in total. The van der Waals surface area contributed by atoms with Crippen LogP contribution in [0.15, 0.2) is 24.3 Å². The predicted molar refractivity (Wildman–Crippen MR) is 85.2 cm³/mol. The molecule has 0 saturated heterocycles. The van der Waals surface area contributed by atoms with E-state index in [1.165, 1.54) is 0 Å². The second-order valence-corrected chi connectivity index (χ2v) is 5.72. The number of aliphatic carboxylic acids is 1. The minimum absolute atomic E-state index is 0.191. The predicted octanol–water partition coefficient (Wildman–Crippen LogP) is 3.09. The number of unbranched alkanes of at least 4 members (excludes halogenated alkanes) is 1. The summed E-state index contributed by atoms with van der Waals surface area (Å²) in [7, 11) is 0. The summed E-state index contributed by atoms with van der Waals surface area (Å²) in [5.74, 6) is -0.493. The molecular weight excluding hydrogens is 282 g/mol. The zero-order valence-corrected chi connectivity index (χ0v) is 13.5. The number of amides is 1. The molecule has 1 aromatic carbocycles. The molecule has 1 rings (SSSR count). The van der Waals surface area contributed by atoms with Gasteiger partial charge in [-0.25, -0.2) is 4.79 Å². The first-order valence-corrected chi connectivity index (χ1v) is 7.70. The molecule has 0 heterocycles. The Kier molecular flexibility index (Phi) is 7.43. The Morgan fingerprint density at radius 2 is 1.86 bits per heavy atom. The van der Waals surface area contributed by atoms with Crippen molar-refractivity contribution in [3.05, 3.63) is 29.8 Å². The molecule has 0 aromatic heterocycles. The molecule has 0 aliphatic rings. The Hall–Kier alpha value is -2.04. The van der Waals surface area contributed by atoms with E-state index in [0.29, 0.717) is 24.3 Å². The summed E-state index contributed by atoms with van der Waals surface area (Å²) in [6, 6.07) is 5.87. The molecular formula is C17H25NO4. The second-order valence-electron chi connectivity index (χ2n) is 5.72. The van der Waals surface area contributed by atoms with Crippen LogP contribution in [0.25, 0.3) is 0 Å². The quantitative estimate of drug-likeness (QED) is 0.687. The van der Waals surface area contributed by atoms with Gasteiger partial charge in [-0.2, -0.15) is 0 Å². The number of carboxylic acids is 1. The number of carbonyl (C=O) groups is 2. The Labute approximate surface area is 131 Å². The van der Waals surface area contributed by atoms with Crippen LogP contribution >= 0.6 is 0 Å². The van der Waals surface area contributed by atoms with Crippen molar-refractivity contribution in [2.45, 2.75) is 46.1 Å². The van der Waals surface area contributed by atoms with Crippen molar-refractivity contribution in [1.82, 2.24) is 5.32 Å². The SMILES string of the molecule is CCCCOc1ccc(C(=O)N[C@H](CC(C)C)C(=O)O)cc1. The van der Waals surface area contributed by atoms with Crippen LogP contribution in [0.2, 0.25) is 0 Å². The standard InChI is InChI=1S/C17H25NO4/c1-4-5-10-22-14-8-6-13(7-9-14)16(19)18-15(17(20)21)11-12(2)3/h6-9,12,15H,4-5,10-11H2,1-3H3,(H,18,19)(H,20,21)/t15-/m1/s1. The molecule has 0 aliphatic heterocycles. The van der Waals surface area contributed by atoms with E-state index in [4.69, 9.17) is 9.84 Å². The Bertz CT molecular complexity index is 482. The summed E-state index contributed by atoms with van der Waals surface area (Å²) in [5.41, 5.74) is 0.429. The molecule has 0 saturated carbocycles. The lowest BCUT2D eigenvalue weighted by molar-refractivity contribution is -0.139. The Balaban J connectivity index is 2.62. The number of carbonyl (C=O) groups excluding carboxylic acids is 1. The van der Waals surface area contributed by atoms with Crippen LogP contribution in [-0.4, -0.2) is 29.6 Å². The van der Waals surface area contributed by atoms with Gasteiger partial charge < -0.3 is 15.2 Å². The van der Waals surface area contributed by atoms with Crippen LogP contribution in [0.4, 0.5) is 0 Å². The van der Waals surface area contributed by atoms with E-state index in [9.17, 15) is 9.59 Å². The van der Waals surface area contributed by atoms with E-state index in [0.717, 1.165) is 12.8 Å². The van der Waals surface area contributed by atoms with Crippen molar-refractivity contribution >= 4 is 11.9 Å². The topological polar surface area (TPSA) is 75.6 Å². The maximum atomic E-state index is 12.1. The van der Waals surface area contributed by atoms with Crippen molar-refractivity contribution in [3.63, 3.8) is 0 Å². The van der Waals surface area contributed by atoms with Crippen LogP contribution in [-0.2, 0) is 4.79 Å². The number of rotatable bonds is 9. The van der Waals surface area contributed by atoms with Crippen molar-refractivity contribution in [3.8, 4) is 5.75 Å². The molecule has 0 fully saturated rings. The van der Waals surface area contributed by atoms with Crippen LogP contribution in [0, 0.1) is 5.92 Å². The van der Waals surface area contributed by atoms with E-state index in [1.54, 1.807) is 24.3 Å². The highest BCUT2D eigenvalue weighted by atomic mass is 16.5. The highest BCUT2D eigenvalue weighted by Gasteiger charge is 2.21. The molecule has 0 bridgehead atoms. The van der Waals surface area contributed by atoms with Crippen LogP contribution < -0.4 is 10.1 Å².